The van der Waals surface area contributed by atoms with Crippen LogP contribution in [-0.2, 0) is 0 Å². The second-order valence-corrected chi connectivity index (χ2v) is 8.38. The Kier molecular flexibility index (Phi) is 6.15. The molecule has 7 heteroatoms. The number of hydrogen-bond acceptors (Lipinski definition) is 5. The number of aromatic nitrogens is 2. The van der Waals surface area contributed by atoms with Gasteiger partial charge in [-0.3, -0.25) is 4.90 Å². The number of fused-ring (bicyclic) bond motifs is 1. The van der Waals surface area contributed by atoms with Gasteiger partial charge in [-0.05, 0) is 32.0 Å². The fraction of sp³-hybridized carbons (Fsp3) is 0.611. The number of aliphatic hydroxyl groups excluding tert-OH is 1. The van der Waals surface area contributed by atoms with Crippen LogP contribution in [0, 0.1) is 0 Å². The maximum absolute atomic E-state index is 9.58. The van der Waals surface area contributed by atoms with E-state index in [2.05, 4.69) is 41.7 Å². The normalized spacial score (nSPS) is 19.3. The fourth-order valence-electron chi connectivity index (χ4n) is 3.27. The van der Waals surface area contributed by atoms with Crippen molar-refractivity contribution in [3.63, 3.8) is 0 Å². The number of benzene rings is 1. The Labute approximate surface area is 158 Å². The van der Waals surface area contributed by atoms with Crippen LogP contribution in [0.1, 0.15) is 26.7 Å². The molecule has 0 spiro atoms. The number of anilines is 1. The number of halogens is 1. The van der Waals surface area contributed by atoms with Crippen molar-refractivity contribution in [3.8, 4) is 0 Å². The predicted molar refractivity (Wildman–Crippen MR) is 107 cm³/mol. The third-order valence-corrected chi connectivity index (χ3v) is 6.77. The lowest BCUT2D eigenvalue weighted by molar-refractivity contribution is 0.135. The molecule has 1 aromatic heterocycles. The van der Waals surface area contributed by atoms with Crippen LogP contribution in [0.5, 0.6) is 0 Å². The first-order valence-corrected chi connectivity index (χ1v) is 10.2. The molecule has 0 amide bonds. The molecule has 1 atom stereocenters. The van der Waals surface area contributed by atoms with Crippen molar-refractivity contribution >= 4 is 40.1 Å². The maximum atomic E-state index is 9.58. The Bertz CT molecular complexity index is 718. The van der Waals surface area contributed by atoms with E-state index in [1.165, 1.54) is 0 Å². The van der Waals surface area contributed by atoms with Gasteiger partial charge in [-0.1, -0.05) is 37.2 Å². The number of thioether (sulfide) groups is 1. The number of piperazine rings is 1. The number of aromatic amines is 1. The largest absolute Gasteiger partial charge is 0.395 e. The summed E-state index contributed by atoms with van der Waals surface area (Å²) in [5.74, 6) is 0. The van der Waals surface area contributed by atoms with E-state index < -0.39 is 0 Å². The number of H-pyrrole nitrogens is 1. The minimum absolute atomic E-state index is 0.140. The number of aliphatic hydroxyl groups is 1. The molecule has 2 heterocycles. The molecule has 2 N–H and O–H groups in total. The van der Waals surface area contributed by atoms with Crippen molar-refractivity contribution in [3.05, 3.63) is 17.2 Å². The van der Waals surface area contributed by atoms with E-state index in [4.69, 9.17) is 16.6 Å². The Morgan fingerprint density at radius 2 is 2.12 bits per heavy atom. The number of likely N-dealkylation sites (N-methyl/N-ethyl adjacent to an activating group) is 1. The molecule has 2 aromatic rings. The van der Waals surface area contributed by atoms with Gasteiger partial charge in [-0.2, -0.15) is 0 Å². The van der Waals surface area contributed by atoms with Gasteiger partial charge in [0.2, 0.25) is 0 Å². The van der Waals surface area contributed by atoms with Gasteiger partial charge in [0.15, 0.2) is 5.16 Å². The number of rotatable bonds is 6. The molecule has 0 bridgehead atoms. The quantitative estimate of drug-likeness (QED) is 0.747. The van der Waals surface area contributed by atoms with Gasteiger partial charge in [-0.25, -0.2) is 4.98 Å². The molecule has 25 heavy (non-hydrogen) atoms. The SMILES string of the molecule is CCC(CC)Sc1nc2cc(N3CCN(C)C(CO)C3)c(Cl)cc2[nH]1. The van der Waals surface area contributed by atoms with Gasteiger partial charge in [0.05, 0.1) is 34.4 Å². The minimum Gasteiger partial charge on any atom is -0.395 e. The smallest absolute Gasteiger partial charge is 0.166 e. The topological polar surface area (TPSA) is 55.4 Å². The van der Waals surface area contributed by atoms with E-state index in [1.807, 2.05) is 6.07 Å². The number of hydrogen-bond donors (Lipinski definition) is 2. The van der Waals surface area contributed by atoms with Gasteiger partial charge >= 0.3 is 0 Å². The first-order valence-electron chi connectivity index (χ1n) is 8.97. The summed E-state index contributed by atoms with van der Waals surface area (Å²) < 4.78 is 0. The highest BCUT2D eigenvalue weighted by atomic mass is 35.5. The lowest BCUT2D eigenvalue weighted by Crippen LogP contribution is -2.53. The number of imidazole rings is 1. The van der Waals surface area contributed by atoms with Crippen LogP contribution in [0.3, 0.4) is 0 Å². The molecular weight excluding hydrogens is 356 g/mol. The van der Waals surface area contributed by atoms with Crippen molar-refractivity contribution in [2.45, 2.75) is 43.1 Å². The fourth-order valence-corrected chi connectivity index (χ4v) is 4.52. The van der Waals surface area contributed by atoms with E-state index in [0.29, 0.717) is 5.25 Å². The van der Waals surface area contributed by atoms with Gasteiger partial charge in [-0.15, -0.1) is 0 Å². The summed E-state index contributed by atoms with van der Waals surface area (Å²) in [6, 6.07) is 4.19. The maximum Gasteiger partial charge on any atom is 0.166 e. The van der Waals surface area contributed by atoms with Gasteiger partial charge in [0, 0.05) is 24.9 Å². The summed E-state index contributed by atoms with van der Waals surface area (Å²) in [5, 5.41) is 11.9. The van der Waals surface area contributed by atoms with Crippen LogP contribution in [0.2, 0.25) is 5.02 Å². The summed E-state index contributed by atoms with van der Waals surface area (Å²) >= 11 is 8.36. The average molecular weight is 383 g/mol. The molecule has 1 unspecified atom stereocenters. The molecule has 1 aromatic carbocycles. The first kappa shape index (κ1) is 18.8. The highest BCUT2D eigenvalue weighted by molar-refractivity contribution is 7.99. The van der Waals surface area contributed by atoms with Crippen molar-refractivity contribution in [1.82, 2.24) is 14.9 Å². The standard InChI is InChI=1S/C18H27ClN4OS/c1-4-13(5-2)25-18-20-15-8-14(19)17(9-16(15)21-18)23-7-6-22(3)12(10-23)11-24/h8-9,12-13,24H,4-7,10-11H2,1-3H3,(H,20,21). The van der Waals surface area contributed by atoms with Gasteiger partial charge in [0.1, 0.15) is 0 Å². The van der Waals surface area contributed by atoms with Gasteiger partial charge < -0.3 is 15.0 Å². The molecule has 1 saturated heterocycles. The zero-order chi connectivity index (χ0) is 18.0. The summed E-state index contributed by atoms with van der Waals surface area (Å²) in [4.78, 5) is 12.6. The third kappa shape index (κ3) is 4.08. The Morgan fingerprint density at radius 3 is 2.80 bits per heavy atom. The van der Waals surface area contributed by atoms with Crippen LogP contribution >= 0.6 is 23.4 Å². The zero-order valence-electron chi connectivity index (χ0n) is 15.1. The summed E-state index contributed by atoms with van der Waals surface area (Å²) in [7, 11) is 2.05. The highest BCUT2D eigenvalue weighted by Gasteiger charge is 2.25. The predicted octanol–water partition coefficient (Wildman–Crippen LogP) is 3.61. The van der Waals surface area contributed by atoms with E-state index >= 15 is 0 Å². The zero-order valence-corrected chi connectivity index (χ0v) is 16.7. The van der Waals surface area contributed by atoms with Crippen LogP contribution < -0.4 is 4.90 Å². The Morgan fingerprint density at radius 1 is 1.36 bits per heavy atom. The average Bonchev–Trinajstić information content (AvgIpc) is 3.00. The van der Waals surface area contributed by atoms with Crippen molar-refractivity contribution in [2.24, 2.45) is 0 Å². The van der Waals surface area contributed by atoms with Crippen LogP contribution in [0.25, 0.3) is 11.0 Å². The van der Waals surface area contributed by atoms with E-state index in [-0.39, 0.29) is 12.6 Å². The molecule has 3 rings (SSSR count). The van der Waals surface area contributed by atoms with Crippen LogP contribution in [0.4, 0.5) is 5.69 Å². The van der Waals surface area contributed by atoms with Crippen LogP contribution in [0.15, 0.2) is 17.3 Å². The monoisotopic (exact) mass is 382 g/mol. The summed E-state index contributed by atoms with van der Waals surface area (Å²) in [5.41, 5.74) is 2.94. The molecular formula is C18H27ClN4OS. The number of nitrogens with one attached hydrogen (secondary N) is 1. The molecule has 0 aliphatic carbocycles. The lowest BCUT2D eigenvalue weighted by Gasteiger charge is -2.40. The second kappa shape index (κ2) is 8.16. The molecule has 0 radical (unpaired) electrons. The van der Waals surface area contributed by atoms with E-state index in [1.54, 1.807) is 11.8 Å². The van der Waals surface area contributed by atoms with Crippen LogP contribution in [-0.4, -0.2) is 64.6 Å². The second-order valence-electron chi connectivity index (χ2n) is 6.68. The highest BCUT2D eigenvalue weighted by Crippen LogP contribution is 2.34. The number of nitrogens with zero attached hydrogens (tertiary/aromatic N) is 3. The third-order valence-electron chi connectivity index (χ3n) is 5.05. The van der Waals surface area contributed by atoms with Crippen molar-refractivity contribution in [1.29, 1.82) is 0 Å². The molecule has 1 fully saturated rings. The summed E-state index contributed by atoms with van der Waals surface area (Å²) in [6.45, 7) is 7.17. The van der Waals surface area contributed by atoms with Crippen molar-refractivity contribution < 1.29 is 5.11 Å². The molecule has 0 saturated carbocycles. The minimum atomic E-state index is 0.140. The van der Waals surface area contributed by atoms with E-state index in [0.717, 1.165) is 59.4 Å². The summed E-state index contributed by atoms with van der Waals surface area (Å²) in [6.07, 6.45) is 2.27. The van der Waals surface area contributed by atoms with Crippen molar-refractivity contribution in [2.75, 3.05) is 38.2 Å². The Hall–Kier alpha value is -0.950. The first-order chi connectivity index (χ1) is 12.0. The molecule has 5 nitrogen and oxygen atoms in total. The van der Waals surface area contributed by atoms with Gasteiger partial charge in [0.25, 0.3) is 0 Å². The Balaban J connectivity index is 1.86. The molecule has 1 aliphatic rings. The molecule has 1 aliphatic heterocycles. The lowest BCUT2D eigenvalue weighted by atomic mass is 10.1. The van der Waals surface area contributed by atoms with E-state index in [9.17, 15) is 5.11 Å². The molecule has 138 valence electrons.